The molecule has 2 rings (SSSR count). The molecule has 2 aromatic carbocycles. The first-order valence-electron chi connectivity index (χ1n) is 10.2. The van der Waals surface area contributed by atoms with Crippen molar-refractivity contribution in [1.29, 1.82) is 0 Å². The molecule has 0 fully saturated rings. The Morgan fingerprint density at radius 2 is 1.68 bits per heavy atom. The molecule has 0 aliphatic heterocycles. The zero-order valence-electron chi connectivity index (χ0n) is 17.5. The van der Waals surface area contributed by atoms with Gasteiger partial charge in [0.1, 0.15) is 6.04 Å². The fourth-order valence-corrected chi connectivity index (χ4v) is 3.89. The molecule has 0 bridgehead atoms. The Balaban J connectivity index is 1.90. The Labute approximate surface area is 183 Å². The summed E-state index contributed by atoms with van der Waals surface area (Å²) in [7, 11) is -3.70. The highest BCUT2D eigenvalue weighted by atomic mass is 32.2. The first-order valence-corrected chi connectivity index (χ1v) is 11.7. The highest BCUT2D eigenvalue weighted by Gasteiger charge is 2.21. The lowest BCUT2D eigenvalue weighted by Crippen LogP contribution is -2.40. The van der Waals surface area contributed by atoms with E-state index in [-0.39, 0.29) is 17.9 Å². The van der Waals surface area contributed by atoms with Crippen LogP contribution in [0.2, 0.25) is 0 Å². The summed E-state index contributed by atoms with van der Waals surface area (Å²) in [5.41, 5.74) is 1.23. The summed E-state index contributed by atoms with van der Waals surface area (Å²) in [6, 6.07) is 13.9. The molecule has 0 saturated carbocycles. The van der Waals surface area contributed by atoms with E-state index < -0.39 is 27.9 Å². The zero-order chi connectivity index (χ0) is 22.7. The number of aliphatic carboxylic acids is 1. The maximum atomic E-state index is 12.4. The van der Waals surface area contributed by atoms with Crippen molar-refractivity contribution < 1.29 is 23.1 Å². The summed E-state index contributed by atoms with van der Waals surface area (Å²) in [6.07, 6.45) is 2.63. The number of unbranched alkanes of at least 4 members (excludes halogenated alkanes) is 2. The van der Waals surface area contributed by atoms with Gasteiger partial charge in [-0.3, -0.25) is 9.59 Å². The van der Waals surface area contributed by atoms with Crippen LogP contribution in [0.4, 0.5) is 5.69 Å². The number of benzene rings is 2. The number of anilines is 1. The number of sulfonamides is 1. The molecule has 1 amide bonds. The molecule has 1 atom stereocenters. The normalized spacial score (nSPS) is 12.3. The summed E-state index contributed by atoms with van der Waals surface area (Å²) in [5.74, 6) is -1.55. The Morgan fingerprint density at radius 3 is 2.29 bits per heavy atom. The highest BCUT2D eigenvalue weighted by molar-refractivity contribution is 7.89. The molecular formula is C22H29N3O5S. The van der Waals surface area contributed by atoms with Crippen molar-refractivity contribution in [2.24, 2.45) is 0 Å². The number of carbonyl (C=O) groups excluding carboxylic acids is 1. The maximum Gasteiger partial charge on any atom is 0.321 e. The van der Waals surface area contributed by atoms with E-state index in [2.05, 4.69) is 22.3 Å². The van der Waals surface area contributed by atoms with Gasteiger partial charge in [0.2, 0.25) is 15.9 Å². The molecule has 31 heavy (non-hydrogen) atoms. The molecule has 4 N–H and O–H groups in total. The van der Waals surface area contributed by atoms with Gasteiger partial charge in [-0.1, -0.05) is 50.1 Å². The van der Waals surface area contributed by atoms with Crippen LogP contribution in [0.25, 0.3) is 0 Å². The van der Waals surface area contributed by atoms with Crippen LogP contribution in [0, 0.1) is 0 Å². The van der Waals surface area contributed by atoms with E-state index in [1.54, 1.807) is 0 Å². The molecule has 1 unspecified atom stereocenters. The summed E-state index contributed by atoms with van der Waals surface area (Å²) in [6.45, 7) is 2.75. The molecular weight excluding hydrogens is 418 g/mol. The number of carboxylic acid groups (broad SMARTS) is 1. The molecule has 0 aliphatic rings. The molecule has 168 valence electrons. The smallest absolute Gasteiger partial charge is 0.321 e. The summed E-state index contributed by atoms with van der Waals surface area (Å²) in [5, 5.41) is 14.8. The topological polar surface area (TPSA) is 125 Å². The number of carbonyl (C=O) groups is 2. The van der Waals surface area contributed by atoms with Gasteiger partial charge in [-0.25, -0.2) is 13.1 Å². The van der Waals surface area contributed by atoms with E-state index >= 15 is 0 Å². The van der Waals surface area contributed by atoms with Gasteiger partial charge in [0.15, 0.2) is 0 Å². The van der Waals surface area contributed by atoms with Crippen LogP contribution in [0.3, 0.4) is 0 Å². The Kier molecular flexibility index (Phi) is 9.64. The first kappa shape index (κ1) is 24.5. The maximum absolute atomic E-state index is 12.4. The second-order valence-corrected chi connectivity index (χ2v) is 8.91. The van der Waals surface area contributed by atoms with E-state index in [0.29, 0.717) is 12.2 Å². The number of nitrogens with one attached hydrogen (secondary N) is 3. The number of carboxylic acids is 1. The number of rotatable bonds is 13. The molecule has 0 saturated heterocycles. The quantitative estimate of drug-likeness (QED) is 0.350. The standard InChI is InChI=1S/C22H29N3O5S/c1-2-3-7-14-23-20(22(27)28)15-21(26)25-18-10-12-19(13-11-18)31(29,30)24-16-17-8-5-4-6-9-17/h4-6,8-13,20,23-24H,2-3,7,14-16H2,1H3,(H,25,26)(H,27,28). The van der Waals surface area contributed by atoms with Crippen molar-refractivity contribution in [2.75, 3.05) is 11.9 Å². The SMILES string of the molecule is CCCCCNC(CC(=O)Nc1ccc(S(=O)(=O)NCc2ccccc2)cc1)C(=O)O. The van der Waals surface area contributed by atoms with Crippen molar-refractivity contribution in [2.45, 2.75) is 50.1 Å². The van der Waals surface area contributed by atoms with Gasteiger partial charge >= 0.3 is 5.97 Å². The Bertz CT molecular complexity index is 947. The Hall–Kier alpha value is -2.75. The summed E-state index contributed by atoms with van der Waals surface area (Å²) in [4.78, 5) is 23.6. The fourth-order valence-electron chi connectivity index (χ4n) is 2.87. The number of hydrogen-bond acceptors (Lipinski definition) is 5. The lowest BCUT2D eigenvalue weighted by atomic mass is 10.1. The second-order valence-electron chi connectivity index (χ2n) is 7.14. The van der Waals surface area contributed by atoms with E-state index in [1.807, 2.05) is 30.3 Å². The minimum atomic E-state index is -3.70. The van der Waals surface area contributed by atoms with Crippen molar-refractivity contribution in [3.05, 3.63) is 60.2 Å². The molecule has 0 aromatic heterocycles. The second kappa shape index (κ2) is 12.2. The third-order valence-electron chi connectivity index (χ3n) is 4.62. The van der Waals surface area contributed by atoms with Crippen LogP contribution in [0.1, 0.15) is 38.2 Å². The van der Waals surface area contributed by atoms with Gasteiger partial charge < -0.3 is 15.7 Å². The van der Waals surface area contributed by atoms with Gasteiger partial charge in [0, 0.05) is 12.2 Å². The predicted octanol–water partition coefficient (Wildman–Crippen LogP) is 2.73. The summed E-state index contributed by atoms with van der Waals surface area (Å²) >= 11 is 0. The molecule has 0 heterocycles. The van der Waals surface area contributed by atoms with Crippen LogP contribution >= 0.6 is 0 Å². The van der Waals surface area contributed by atoms with Gasteiger partial charge in [0.25, 0.3) is 0 Å². The van der Waals surface area contributed by atoms with Crippen molar-refractivity contribution >= 4 is 27.6 Å². The monoisotopic (exact) mass is 447 g/mol. The number of hydrogen-bond donors (Lipinski definition) is 4. The van der Waals surface area contributed by atoms with Gasteiger partial charge in [-0.2, -0.15) is 0 Å². The van der Waals surface area contributed by atoms with Crippen LogP contribution in [0.5, 0.6) is 0 Å². The molecule has 0 aliphatic carbocycles. The van der Waals surface area contributed by atoms with Gasteiger partial charge in [0.05, 0.1) is 11.3 Å². The molecule has 9 heteroatoms. The van der Waals surface area contributed by atoms with Crippen LogP contribution in [-0.4, -0.2) is 38.0 Å². The van der Waals surface area contributed by atoms with Crippen molar-refractivity contribution in [3.63, 3.8) is 0 Å². The highest BCUT2D eigenvalue weighted by Crippen LogP contribution is 2.15. The number of amides is 1. The molecule has 0 spiro atoms. The molecule has 0 radical (unpaired) electrons. The van der Waals surface area contributed by atoms with E-state index in [0.717, 1.165) is 24.8 Å². The van der Waals surface area contributed by atoms with Crippen molar-refractivity contribution in [3.8, 4) is 0 Å². The minimum absolute atomic E-state index is 0.0717. The Morgan fingerprint density at radius 1 is 1.00 bits per heavy atom. The van der Waals surface area contributed by atoms with Crippen LogP contribution < -0.4 is 15.4 Å². The van der Waals surface area contributed by atoms with E-state index in [1.165, 1.54) is 24.3 Å². The lowest BCUT2D eigenvalue weighted by Gasteiger charge is -2.14. The fraction of sp³-hybridized carbons (Fsp3) is 0.364. The minimum Gasteiger partial charge on any atom is -0.480 e. The molecule has 2 aromatic rings. The van der Waals surface area contributed by atoms with Crippen molar-refractivity contribution in [1.82, 2.24) is 10.0 Å². The van der Waals surface area contributed by atoms with E-state index in [9.17, 15) is 23.1 Å². The third kappa shape index (κ3) is 8.49. The molecule has 8 nitrogen and oxygen atoms in total. The first-order chi connectivity index (χ1) is 14.8. The lowest BCUT2D eigenvalue weighted by molar-refractivity contribution is -0.141. The third-order valence-corrected chi connectivity index (χ3v) is 6.03. The van der Waals surface area contributed by atoms with Crippen LogP contribution in [-0.2, 0) is 26.2 Å². The average molecular weight is 448 g/mol. The van der Waals surface area contributed by atoms with Gasteiger partial charge in [-0.15, -0.1) is 0 Å². The van der Waals surface area contributed by atoms with Crippen LogP contribution in [0.15, 0.2) is 59.5 Å². The predicted molar refractivity (Wildman–Crippen MR) is 119 cm³/mol. The zero-order valence-corrected chi connectivity index (χ0v) is 18.3. The summed E-state index contributed by atoms with van der Waals surface area (Å²) < 4.78 is 27.4. The van der Waals surface area contributed by atoms with E-state index in [4.69, 9.17) is 0 Å². The average Bonchev–Trinajstić information content (AvgIpc) is 2.75. The van der Waals surface area contributed by atoms with Gasteiger partial charge in [-0.05, 0) is 42.8 Å². The largest absolute Gasteiger partial charge is 0.480 e.